The second kappa shape index (κ2) is 3.08. The van der Waals surface area contributed by atoms with Gasteiger partial charge in [-0.1, -0.05) is 30.3 Å². The zero-order chi connectivity index (χ0) is 11.1. The van der Waals surface area contributed by atoms with Crippen molar-refractivity contribution < 1.29 is 19.8 Å². The van der Waals surface area contributed by atoms with Gasteiger partial charge in [-0.3, -0.25) is 9.59 Å². The molecule has 1 aliphatic carbocycles. The second-order valence-electron chi connectivity index (χ2n) is 3.75. The number of benzene rings is 1. The Balaban J connectivity index is 2.31. The van der Waals surface area contributed by atoms with Crippen LogP contribution in [0.15, 0.2) is 30.3 Å². The first-order chi connectivity index (χ1) is 7.09. The first-order valence-corrected chi connectivity index (χ1v) is 4.61. The minimum atomic E-state index is -1.60. The summed E-state index contributed by atoms with van der Waals surface area (Å²) in [7, 11) is 0. The molecular formula is C11H10O4. The van der Waals surface area contributed by atoms with Crippen LogP contribution in [0, 0.1) is 5.41 Å². The predicted molar refractivity (Wildman–Crippen MR) is 51.5 cm³/mol. The van der Waals surface area contributed by atoms with Crippen molar-refractivity contribution in [1.82, 2.24) is 0 Å². The minimum absolute atomic E-state index is 0.182. The third-order valence-electron chi connectivity index (χ3n) is 2.93. The highest BCUT2D eigenvalue weighted by Gasteiger charge is 2.67. The third kappa shape index (κ3) is 1.29. The molecule has 2 N–H and O–H groups in total. The average molecular weight is 206 g/mol. The highest BCUT2D eigenvalue weighted by atomic mass is 16.4. The minimum Gasteiger partial charge on any atom is -0.480 e. The molecule has 4 nitrogen and oxygen atoms in total. The molecule has 15 heavy (non-hydrogen) atoms. The number of rotatable bonds is 3. The smallest absolute Gasteiger partial charge is 0.321 e. The summed E-state index contributed by atoms with van der Waals surface area (Å²) in [5, 5.41) is 17.9. The van der Waals surface area contributed by atoms with Crippen LogP contribution in [0.1, 0.15) is 17.9 Å². The van der Waals surface area contributed by atoms with E-state index in [2.05, 4.69) is 0 Å². The Morgan fingerprint density at radius 1 is 1.13 bits per heavy atom. The summed E-state index contributed by atoms with van der Waals surface area (Å²) in [5.74, 6) is -2.89. The number of carboxylic acid groups (broad SMARTS) is 2. The maximum Gasteiger partial charge on any atom is 0.321 e. The van der Waals surface area contributed by atoms with Crippen molar-refractivity contribution in [1.29, 1.82) is 0 Å². The molecule has 0 spiro atoms. The number of hydrogen-bond acceptors (Lipinski definition) is 2. The van der Waals surface area contributed by atoms with Gasteiger partial charge in [0, 0.05) is 5.92 Å². The molecule has 1 aromatic rings. The lowest BCUT2D eigenvalue weighted by atomic mass is 9.99. The first kappa shape index (κ1) is 9.71. The fourth-order valence-corrected chi connectivity index (χ4v) is 1.91. The normalized spacial score (nSPS) is 22.0. The molecule has 1 saturated carbocycles. The largest absolute Gasteiger partial charge is 0.480 e. The molecule has 1 aliphatic rings. The fraction of sp³-hybridized carbons (Fsp3) is 0.273. The lowest BCUT2D eigenvalue weighted by Crippen LogP contribution is -2.26. The first-order valence-electron chi connectivity index (χ1n) is 4.61. The fourth-order valence-electron chi connectivity index (χ4n) is 1.91. The summed E-state index contributed by atoms with van der Waals surface area (Å²) in [6.07, 6.45) is 0.182. The van der Waals surface area contributed by atoms with Gasteiger partial charge in [-0.2, -0.15) is 0 Å². The molecule has 2 rings (SSSR count). The van der Waals surface area contributed by atoms with Crippen molar-refractivity contribution in [2.24, 2.45) is 5.41 Å². The van der Waals surface area contributed by atoms with Crippen LogP contribution in [0.5, 0.6) is 0 Å². The number of aliphatic carboxylic acids is 2. The van der Waals surface area contributed by atoms with E-state index in [1.165, 1.54) is 0 Å². The number of carboxylic acids is 2. The van der Waals surface area contributed by atoms with Gasteiger partial charge in [-0.15, -0.1) is 0 Å². The Morgan fingerprint density at radius 3 is 2.07 bits per heavy atom. The van der Waals surface area contributed by atoms with E-state index in [4.69, 9.17) is 10.2 Å². The van der Waals surface area contributed by atoms with Gasteiger partial charge in [-0.05, 0) is 12.0 Å². The molecule has 0 aromatic heterocycles. The molecule has 0 radical (unpaired) electrons. The van der Waals surface area contributed by atoms with E-state index in [1.807, 2.05) is 6.07 Å². The van der Waals surface area contributed by atoms with E-state index in [-0.39, 0.29) is 6.42 Å². The monoisotopic (exact) mass is 206 g/mol. The van der Waals surface area contributed by atoms with Crippen LogP contribution in [0.3, 0.4) is 0 Å². The van der Waals surface area contributed by atoms with Crippen LogP contribution in [0.2, 0.25) is 0 Å². The summed E-state index contributed by atoms with van der Waals surface area (Å²) in [5.41, 5.74) is -0.816. The van der Waals surface area contributed by atoms with E-state index in [1.54, 1.807) is 24.3 Å². The van der Waals surface area contributed by atoms with Crippen molar-refractivity contribution in [2.75, 3.05) is 0 Å². The summed E-state index contributed by atoms with van der Waals surface area (Å²) in [6.45, 7) is 0. The Morgan fingerprint density at radius 2 is 1.67 bits per heavy atom. The summed E-state index contributed by atoms with van der Waals surface area (Å²) >= 11 is 0. The van der Waals surface area contributed by atoms with Crippen LogP contribution >= 0.6 is 0 Å². The molecule has 0 heterocycles. The standard InChI is InChI=1S/C11H10O4/c12-9(13)11(10(14)15)6-8(11)7-4-2-1-3-5-7/h1-5,8H,6H2,(H,12,13)(H,14,15). The van der Waals surface area contributed by atoms with E-state index in [0.29, 0.717) is 0 Å². The average Bonchev–Trinajstić information content (AvgIpc) is 2.95. The van der Waals surface area contributed by atoms with Crippen molar-refractivity contribution in [3.8, 4) is 0 Å². The Hall–Kier alpha value is -1.84. The van der Waals surface area contributed by atoms with Gasteiger partial charge < -0.3 is 10.2 Å². The number of carbonyl (C=O) groups is 2. The van der Waals surface area contributed by atoms with Gasteiger partial charge in [0.25, 0.3) is 0 Å². The zero-order valence-electron chi connectivity index (χ0n) is 7.88. The van der Waals surface area contributed by atoms with Crippen molar-refractivity contribution in [3.05, 3.63) is 35.9 Å². The molecule has 0 bridgehead atoms. The molecule has 1 fully saturated rings. The molecule has 4 heteroatoms. The molecule has 0 saturated heterocycles. The number of hydrogen-bond donors (Lipinski definition) is 2. The Labute approximate surface area is 86.2 Å². The van der Waals surface area contributed by atoms with Crippen molar-refractivity contribution in [2.45, 2.75) is 12.3 Å². The Kier molecular flexibility index (Phi) is 2.00. The maximum atomic E-state index is 10.9. The van der Waals surface area contributed by atoms with Gasteiger partial charge in [0.15, 0.2) is 5.41 Å². The van der Waals surface area contributed by atoms with Crippen LogP contribution in [-0.2, 0) is 9.59 Å². The molecule has 0 aliphatic heterocycles. The lowest BCUT2D eigenvalue weighted by Gasteiger charge is -2.06. The molecule has 0 amide bonds. The van der Waals surface area contributed by atoms with Gasteiger partial charge in [0.1, 0.15) is 0 Å². The van der Waals surface area contributed by atoms with Crippen LogP contribution in [-0.4, -0.2) is 22.2 Å². The van der Waals surface area contributed by atoms with Gasteiger partial charge in [0.05, 0.1) is 0 Å². The highest BCUT2D eigenvalue weighted by Crippen LogP contribution is 2.59. The van der Waals surface area contributed by atoms with E-state index < -0.39 is 23.3 Å². The predicted octanol–water partition coefficient (Wildman–Crippen LogP) is 1.33. The van der Waals surface area contributed by atoms with Crippen LogP contribution < -0.4 is 0 Å². The zero-order valence-corrected chi connectivity index (χ0v) is 7.88. The third-order valence-corrected chi connectivity index (χ3v) is 2.93. The highest BCUT2D eigenvalue weighted by molar-refractivity contribution is 6.03. The summed E-state index contributed by atoms with van der Waals surface area (Å²) in [4.78, 5) is 21.9. The summed E-state index contributed by atoms with van der Waals surface area (Å²) < 4.78 is 0. The van der Waals surface area contributed by atoms with Crippen LogP contribution in [0.4, 0.5) is 0 Å². The van der Waals surface area contributed by atoms with E-state index in [0.717, 1.165) is 5.56 Å². The van der Waals surface area contributed by atoms with Crippen molar-refractivity contribution in [3.63, 3.8) is 0 Å². The van der Waals surface area contributed by atoms with E-state index >= 15 is 0 Å². The SMILES string of the molecule is O=C(O)C1(C(=O)O)CC1c1ccccc1. The van der Waals surface area contributed by atoms with Crippen LogP contribution in [0.25, 0.3) is 0 Å². The van der Waals surface area contributed by atoms with Gasteiger partial charge in [0.2, 0.25) is 0 Å². The quantitative estimate of drug-likeness (QED) is 0.731. The summed E-state index contributed by atoms with van der Waals surface area (Å²) in [6, 6.07) is 8.90. The van der Waals surface area contributed by atoms with Gasteiger partial charge in [-0.25, -0.2) is 0 Å². The molecule has 1 unspecified atom stereocenters. The lowest BCUT2D eigenvalue weighted by molar-refractivity contribution is -0.157. The maximum absolute atomic E-state index is 10.9. The van der Waals surface area contributed by atoms with Gasteiger partial charge >= 0.3 is 11.9 Å². The Bertz CT molecular complexity index is 396. The second-order valence-corrected chi connectivity index (χ2v) is 3.75. The van der Waals surface area contributed by atoms with E-state index in [9.17, 15) is 9.59 Å². The molecular weight excluding hydrogens is 196 g/mol. The molecule has 1 atom stereocenters. The molecule has 78 valence electrons. The van der Waals surface area contributed by atoms with Crippen molar-refractivity contribution >= 4 is 11.9 Å². The molecule has 1 aromatic carbocycles. The topological polar surface area (TPSA) is 74.6 Å².